The molecule has 0 unspecified atom stereocenters. The van der Waals surface area contributed by atoms with Gasteiger partial charge in [0.2, 0.25) is 0 Å². The third-order valence-corrected chi connectivity index (χ3v) is 2.63. The number of hydrogen-bond acceptors (Lipinski definition) is 3. The normalized spacial score (nSPS) is 10.7. The van der Waals surface area contributed by atoms with E-state index in [1.807, 2.05) is 18.6 Å². The van der Waals surface area contributed by atoms with Crippen molar-refractivity contribution in [3.8, 4) is 0 Å². The van der Waals surface area contributed by atoms with Crippen molar-refractivity contribution in [3.63, 3.8) is 0 Å². The Kier molecular flexibility index (Phi) is 1.39. The van der Waals surface area contributed by atoms with Crippen LogP contribution in [0.3, 0.4) is 0 Å². The van der Waals surface area contributed by atoms with Crippen LogP contribution in [0.1, 0.15) is 11.3 Å². The average Bonchev–Trinajstić information content (AvgIpc) is 2.45. The van der Waals surface area contributed by atoms with Gasteiger partial charge in [0, 0.05) is 11.9 Å². The smallest absolute Gasteiger partial charge is 0.0874 e. The third kappa shape index (κ3) is 0.922. The minimum Gasteiger partial charge on any atom is -0.260 e. The number of fused-ring (bicyclic) bond motifs is 1. The minimum absolute atomic E-state index is 1.07. The minimum atomic E-state index is 1.07. The van der Waals surface area contributed by atoms with Crippen LogP contribution in [0.2, 0.25) is 0 Å². The number of hydrogen-bond donors (Lipinski definition) is 0. The lowest BCUT2D eigenvalue weighted by Gasteiger charge is -1.96. The number of thiazole rings is 1. The van der Waals surface area contributed by atoms with E-state index < -0.39 is 0 Å². The van der Waals surface area contributed by atoms with Crippen LogP contribution in [0.15, 0.2) is 11.7 Å². The molecule has 2 aromatic rings. The zero-order valence-electron chi connectivity index (χ0n) is 6.46. The summed E-state index contributed by atoms with van der Waals surface area (Å²) in [5.74, 6) is 0. The molecule has 0 atom stereocenters. The maximum atomic E-state index is 4.26. The van der Waals surface area contributed by atoms with Crippen molar-refractivity contribution in [1.29, 1.82) is 0 Å². The SMILES string of the molecule is Cc1ncc2scnc2c1C. The summed E-state index contributed by atoms with van der Waals surface area (Å²) in [4.78, 5) is 8.51. The monoisotopic (exact) mass is 164 g/mol. The van der Waals surface area contributed by atoms with Gasteiger partial charge in [-0.1, -0.05) is 0 Å². The predicted octanol–water partition coefficient (Wildman–Crippen LogP) is 2.31. The van der Waals surface area contributed by atoms with Gasteiger partial charge in [-0.3, -0.25) is 4.98 Å². The Morgan fingerprint density at radius 1 is 1.27 bits per heavy atom. The second-order valence-corrected chi connectivity index (χ2v) is 3.42. The van der Waals surface area contributed by atoms with Crippen molar-refractivity contribution >= 4 is 21.6 Å². The maximum Gasteiger partial charge on any atom is 0.0874 e. The fraction of sp³-hybridized carbons (Fsp3) is 0.250. The molecule has 0 radical (unpaired) electrons. The first-order valence-corrected chi connectivity index (χ1v) is 4.32. The van der Waals surface area contributed by atoms with E-state index in [1.165, 1.54) is 10.3 Å². The van der Waals surface area contributed by atoms with Gasteiger partial charge < -0.3 is 0 Å². The summed E-state index contributed by atoms with van der Waals surface area (Å²) in [6, 6.07) is 0. The molecule has 2 heterocycles. The van der Waals surface area contributed by atoms with E-state index in [2.05, 4.69) is 16.9 Å². The highest BCUT2D eigenvalue weighted by Gasteiger charge is 2.02. The van der Waals surface area contributed by atoms with Gasteiger partial charge in [0.05, 0.1) is 15.7 Å². The highest BCUT2D eigenvalue weighted by Crippen LogP contribution is 2.20. The third-order valence-electron chi connectivity index (χ3n) is 1.87. The molecule has 11 heavy (non-hydrogen) atoms. The van der Waals surface area contributed by atoms with Crippen molar-refractivity contribution in [2.45, 2.75) is 13.8 Å². The molecule has 0 saturated heterocycles. The van der Waals surface area contributed by atoms with Gasteiger partial charge in [-0.25, -0.2) is 4.98 Å². The average molecular weight is 164 g/mol. The summed E-state index contributed by atoms with van der Waals surface area (Å²) in [5, 5.41) is 0. The quantitative estimate of drug-likeness (QED) is 0.597. The standard InChI is InChI=1S/C8H8N2S/c1-5-6(2)9-3-7-8(5)10-4-11-7/h3-4H,1-2H3. The van der Waals surface area contributed by atoms with Crippen LogP contribution in [0.25, 0.3) is 10.2 Å². The summed E-state index contributed by atoms with van der Waals surface area (Å²) in [5.41, 5.74) is 5.23. The Balaban J connectivity index is 2.93. The Morgan fingerprint density at radius 3 is 2.91 bits per heavy atom. The van der Waals surface area contributed by atoms with Crippen LogP contribution >= 0.6 is 11.3 Å². The van der Waals surface area contributed by atoms with E-state index in [-0.39, 0.29) is 0 Å². The lowest BCUT2D eigenvalue weighted by atomic mass is 10.2. The summed E-state index contributed by atoms with van der Waals surface area (Å²) < 4.78 is 1.17. The molecule has 0 aliphatic heterocycles. The van der Waals surface area contributed by atoms with E-state index in [9.17, 15) is 0 Å². The first kappa shape index (κ1) is 6.73. The number of aromatic nitrogens is 2. The van der Waals surface area contributed by atoms with Crippen LogP contribution in [0, 0.1) is 13.8 Å². The summed E-state index contributed by atoms with van der Waals surface area (Å²) in [6.45, 7) is 4.07. The number of aryl methyl sites for hydroxylation is 2. The molecule has 0 aliphatic rings. The van der Waals surface area contributed by atoms with Gasteiger partial charge in [-0.15, -0.1) is 11.3 Å². The Hall–Kier alpha value is -0.960. The maximum absolute atomic E-state index is 4.26. The zero-order chi connectivity index (χ0) is 7.84. The number of pyridine rings is 1. The van der Waals surface area contributed by atoms with Crippen LogP contribution in [0.5, 0.6) is 0 Å². The molecule has 0 bridgehead atoms. The van der Waals surface area contributed by atoms with Gasteiger partial charge in [0.15, 0.2) is 0 Å². The fourth-order valence-electron chi connectivity index (χ4n) is 1.05. The lowest BCUT2D eigenvalue weighted by Crippen LogP contribution is -1.85. The molecule has 0 fully saturated rings. The van der Waals surface area contributed by atoms with Crippen molar-refractivity contribution in [1.82, 2.24) is 9.97 Å². The molecule has 0 N–H and O–H groups in total. The Labute approximate surface area is 68.9 Å². The van der Waals surface area contributed by atoms with E-state index in [4.69, 9.17) is 0 Å². The molecule has 0 amide bonds. The second-order valence-electron chi connectivity index (χ2n) is 2.53. The van der Waals surface area contributed by atoms with Gasteiger partial charge in [-0.2, -0.15) is 0 Å². The summed E-state index contributed by atoms with van der Waals surface area (Å²) >= 11 is 1.64. The first-order valence-electron chi connectivity index (χ1n) is 3.44. The van der Waals surface area contributed by atoms with Crippen molar-refractivity contribution in [2.75, 3.05) is 0 Å². The topological polar surface area (TPSA) is 25.8 Å². The molecule has 0 aliphatic carbocycles. The molecule has 3 heteroatoms. The number of rotatable bonds is 0. The van der Waals surface area contributed by atoms with Crippen molar-refractivity contribution < 1.29 is 0 Å². The van der Waals surface area contributed by atoms with Gasteiger partial charge in [-0.05, 0) is 19.4 Å². The van der Waals surface area contributed by atoms with E-state index >= 15 is 0 Å². The summed E-state index contributed by atoms with van der Waals surface area (Å²) in [7, 11) is 0. The molecule has 0 saturated carbocycles. The molecular weight excluding hydrogens is 156 g/mol. The highest BCUT2D eigenvalue weighted by molar-refractivity contribution is 7.16. The second kappa shape index (κ2) is 2.27. The number of nitrogens with zero attached hydrogens (tertiary/aromatic N) is 2. The summed E-state index contributed by atoms with van der Waals surface area (Å²) in [6.07, 6.45) is 1.88. The van der Waals surface area contributed by atoms with Crippen LogP contribution in [-0.4, -0.2) is 9.97 Å². The predicted molar refractivity (Wildman–Crippen MR) is 46.9 cm³/mol. The van der Waals surface area contributed by atoms with Crippen LogP contribution < -0.4 is 0 Å². The Morgan fingerprint density at radius 2 is 2.09 bits per heavy atom. The first-order chi connectivity index (χ1) is 5.29. The van der Waals surface area contributed by atoms with Crippen molar-refractivity contribution in [2.24, 2.45) is 0 Å². The van der Waals surface area contributed by atoms with Crippen LogP contribution in [0.4, 0.5) is 0 Å². The molecule has 2 nitrogen and oxygen atoms in total. The molecule has 0 aromatic carbocycles. The lowest BCUT2D eigenvalue weighted by molar-refractivity contribution is 1.17. The molecule has 2 rings (SSSR count). The largest absolute Gasteiger partial charge is 0.260 e. The molecule has 0 spiro atoms. The molecule has 2 aromatic heterocycles. The highest BCUT2D eigenvalue weighted by atomic mass is 32.1. The van der Waals surface area contributed by atoms with E-state index in [0.29, 0.717) is 0 Å². The van der Waals surface area contributed by atoms with Crippen LogP contribution in [-0.2, 0) is 0 Å². The zero-order valence-corrected chi connectivity index (χ0v) is 7.27. The Bertz CT molecular complexity index is 392. The van der Waals surface area contributed by atoms with Gasteiger partial charge in [0.25, 0.3) is 0 Å². The van der Waals surface area contributed by atoms with E-state index in [1.54, 1.807) is 11.3 Å². The molecular formula is C8H8N2S. The fourth-order valence-corrected chi connectivity index (χ4v) is 1.75. The van der Waals surface area contributed by atoms with Gasteiger partial charge >= 0.3 is 0 Å². The van der Waals surface area contributed by atoms with Crippen molar-refractivity contribution in [3.05, 3.63) is 23.0 Å². The molecule has 56 valence electrons. The van der Waals surface area contributed by atoms with Gasteiger partial charge in [0.1, 0.15) is 0 Å². The van der Waals surface area contributed by atoms with E-state index in [0.717, 1.165) is 11.2 Å².